The van der Waals surface area contributed by atoms with Gasteiger partial charge in [0.1, 0.15) is 24.9 Å². The van der Waals surface area contributed by atoms with E-state index < -0.39 is 5.97 Å². The molecular weight excluding hydrogens is 229 g/mol. The lowest BCUT2D eigenvalue weighted by Gasteiger charge is -2.03. The summed E-state index contributed by atoms with van der Waals surface area (Å²) in [6.07, 6.45) is 0. The highest BCUT2D eigenvalue weighted by Crippen LogP contribution is 2.25. The van der Waals surface area contributed by atoms with E-state index in [4.69, 9.17) is 9.26 Å². The third kappa shape index (κ3) is 2.30. The molecule has 1 aromatic carbocycles. The monoisotopic (exact) mass is 243 g/mol. The maximum absolute atomic E-state index is 11.9. The van der Waals surface area contributed by atoms with Crippen molar-refractivity contribution in [1.29, 1.82) is 0 Å². The van der Waals surface area contributed by atoms with Crippen molar-refractivity contribution in [3.05, 3.63) is 35.6 Å². The van der Waals surface area contributed by atoms with Crippen LogP contribution in [0.15, 0.2) is 28.8 Å². The Balaban J connectivity index is 2.45. The Kier molecular flexibility index (Phi) is 3.51. The maximum atomic E-state index is 11.9. The molecule has 4 nitrogen and oxygen atoms in total. The van der Waals surface area contributed by atoms with E-state index in [1.165, 1.54) is 0 Å². The first kappa shape index (κ1) is 12.4. The summed E-state index contributed by atoms with van der Waals surface area (Å²) >= 11 is 0. The number of nitrogens with zero attached hydrogens (tertiary/aromatic N) is 1. The van der Waals surface area contributed by atoms with E-state index in [0.29, 0.717) is 23.6 Å². The van der Waals surface area contributed by atoms with Crippen LogP contribution in [0, 0.1) is 6.92 Å². The quantitative estimate of drug-likeness (QED) is 0.598. The Morgan fingerprint density at radius 2 is 2.06 bits per heavy atom. The third-order valence-electron chi connectivity index (χ3n) is 2.67. The molecule has 0 saturated heterocycles. The van der Waals surface area contributed by atoms with E-state index in [-0.39, 0.29) is 0 Å². The number of hydrogen-bond donors (Lipinski definition) is 0. The largest absolute Gasteiger partial charge is 0.462 e. The summed E-state index contributed by atoms with van der Waals surface area (Å²) in [5.74, 6) is 0.0795. The number of carbonyl (C=O) groups excluding carboxylic acids is 1. The maximum Gasteiger partial charge on any atom is 0.344 e. The summed E-state index contributed by atoms with van der Waals surface area (Å²) in [7, 11) is 2.00. The van der Waals surface area contributed by atoms with Gasteiger partial charge in [-0.3, -0.25) is 0 Å². The van der Waals surface area contributed by atoms with E-state index in [2.05, 4.69) is 5.16 Å². The zero-order valence-electron chi connectivity index (χ0n) is 10.7. The Bertz CT molecular complexity index is 560. The van der Waals surface area contributed by atoms with Gasteiger partial charge in [-0.15, -0.1) is 0 Å². The van der Waals surface area contributed by atoms with Crippen molar-refractivity contribution in [1.82, 2.24) is 5.16 Å². The Morgan fingerprint density at radius 1 is 1.39 bits per heavy atom. The van der Waals surface area contributed by atoms with Crippen LogP contribution in [0.1, 0.15) is 23.0 Å². The zero-order valence-corrected chi connectivity index (χ0v) is 10.7. The van der Waals surface area contributed by atoms with E-state index in [1.54, 1.807) is 13.8 Å². The average molecular weight is 243 g/mol. The molecule has 0 aliphatic carbocycles. The number of benzene rings is 1. The first-order chi connectivity index (χ1) is 8.63. The lowest BCUT2D eigenvalue weighted by molar-refractivity contribution is 0.0525. The SMILES string of the molecule is Bc1ccc(-c2noc(C)c2C(=O)OCC)cc1. The number of hydrogen-bond acceptors (Lipinski definition) is 4. The van der Waals surface area contributed by atoms with Crippen LogP contribution in [0.5, 0.6) is 0 Å². The lowest BCUT2D eigenvalue weighted by atomic mass is 9.94. The second-order valence-electron chi connectivity index (χ2n) is 4.05. The molecule has 0 aliphatic heterocycles. The molecule has 0 radical (unpaired) electrons. The number of aryl methyl sites for hydroxylation is 1. The van der Waals surface area contributed by atoms with Crippen molar-refractivity contribution in [3.63, 3.8) is 0 Å². The van der Waals surface area contributed by atoms with Crippen molar-refractivity contribution in [3.8, 4) is 11.3 Å². The highest BCUT2D eigenvalue weighted by atomic mass is 16.5. The van der Waals surface area contributed by atoms with E-state index in [0.717, 1.165) is 11.0 Å². The standard InChI is InChI=1S/C13H14BNO3/c1-3-17-13(16)11-8(2)18-15-12(11)9-4-6-10(14)7-5-9/h4-7H,3,14H2,1-2H3. The van der Waals surface area contributed by atoms with Gasteiger partial charge in [-0.05, 0) is 13.8 Å². The zero-order chi connectivity index (χ0) is 13.1. The topological polar surface area (TPSA) is 52.3 Å². The molecule has 1 heterocycles. The first-order valence-corrected chi connectivity index (χ1v) is 5.84. The smallest absolute Gasteiger partial charge is 0.344 e. The Morgan fingerprint density at radius 3 is 2.67 bits per heavy atom. The molecule has 0 fully saturated rings. The number of aromatic nitrogens is 1. The molecule has 0 saturated carbocycles. The van der Waals surface area contributed by atoms with Gasteiger partial charge < -0.3 is 9.26 Å². The average Bonchev–Trinajstić information content (AvgIpc) is 2.72. The molecule has 0 spiro atoms. The molecule has 0 unspecified atom stereocenters. The Hall–Kier alpha value is -2.04. The minimum absolute atomic E-state index is 0.330. The van der Waals surface area contributed by atoms with E-state index >= 15 is 0 Å². The van der Waals surface area contributed by atoms with Gasteiger partial charge in [0.05, 0.1) is 6.61 Å². The molecule has 92 valence electrons. The van der Waals surface area contributed by atoms with Crippen molar-refractivity contribution >= 4 is 19.3 Å². The second-order valence-corrected chi connectivity index (χ2v) is 4.05. The molecule has 18 heavy (non-hydrogen) atoms. The lowest BCUT2D eigenvalue weighted by Crippen LogP contribution is -2.07. The van der Waals surface area contributed by atoms with Gasteiger partial charge in [-0.1, -0.05) is 34.9 Å². The summed E-state index contributed by atoms with van der Waals surface area (Å²) in [5.41, 5.74) is 2.93. The fraction of sp³-hybridized carbons (Fsp3) is 0.231. The first-order valence-electron chi connectivity index (χ1n) is 5.84. The van der Waals surface area contributed by atoms with Crippen LogP contribution in [-0.4, -0.2) is 25.6 Å². The van der Waals surface area contributed by atoms with Crippen molar-refractivity contribution in [2.45, 2.75) is 13.8 Å². The molecule has 2 aromatic rings. The fourth-order valence-corrected chi connectivity index (χ4v) is 1.72. The molecule has 2 rings (SSSR count). The van der Waals surface area contributed by atoms with Crippen LogP contribution >= 0.6 is 0 Å². The van der Waals surface area contributed by atoms with Crippen LogP contribution < -0.4 is 5.46 Å². The van der Waals surface area contributed by atoms with Crippen LogP contribution in [0.25, 0.3) is 11.3 Å². The molecule has 0 aliphatic rings. The van der Waals surface area contributed by atoms with Gasteiger partial charge >= 0.3 is 5.97 Å². The minimum atomic E-state index is -0.396. The highest BCUT2D eigenvalue weighted by Gasteiger charge is 2.22. The third-order valence-corrected chi connectivity index (χ3v) is 2.67. The fourth-order valence-electron chi connectivity index (χ4n) is 1.72. The normalized spacial score (nSPS) is 10.3. The van der Waals surface area contributed by atoms with Crippen LogP contribution in [0.3, 0.4) is 0 Å². The second kappa shape index (κ2) is 5.08. The predicted octanol–water partition coefficient (Wildman–Crippen LogP) is 1.09. The van der Waals surface area contributed by atoms with Crippen LogP contribution in [0.4, 0.5) is 0 Å². The summed E-state index contributed by atoms with van der Waals surface area (Å²) in [6, 6.07) is 7.76. The summed E-state index contributed by atoms with van der Waals surface area (Å²) in [4.78, 5) is 11.9. The van der Waals surface area contributed by atoms with Gasteiger partial charge in [0.15, 0.2) is 0 Å². The van der Waals surface area contributed by atoms with Gasteiger partial charge in [-0.25, -0.2) is 4.79 Å². The molecular formula is C13H14BNO3. The minimum Gasteiger partial charge on any atom is -0.462 e. The van der Waals surface area contributed by atoms with Gasteiger partial charge in [0.2, 0.25) is 0 Å². The number of carbonyl (C=O) groups is 1. The molecule has 0 amide bonds. The number of rotatable bonds is 3. The number of esters is 1. The molecule has 1 aromatic heterocycles. The van der Waals surface area contributed by atoms with Crippen molar-refractivity contribution in [2.24, 2.45) is 0 Å². The summed E-state index contributed by atoms with van der Waals surface area (Å²) < 4.78 is 10.1. The molecule has 0 bridgehead atoms. The van der Waals surface area contributed by atoms with Crippen molar-refractivity contribution < 1.29 is 14.1 Å². The van der Waals surface area contributed by atoms with E-state index in [9.17, 15) is 4.79 Å². The Labute approximate surface area is 106 Å². The predicted molar refractivity (Wildman–Crippen MR) is 70.8 cm³/mol. The van der Waals surface area contributed by atoms with E-state index in [1.807, 2.05) is 32.1 Å². The molecule has 0 atom stereocenters. The molecule has 5 heteroatoms. The molecule has 0 N–H and O–H groups in total. The van der Waals surface area contributed by atoms with Gasteiger partial charge in [0, 0.05) is 5.56 Å². The van der Waals surface area contributed by atoms with Crippen LogP contribution in [0.2, 0.25) is 0 Å². The summed E-state index contributed by atoms with van der Waals surface area (Å²) in [6.45, 7) is 3.81. The summed E-state index contributed by atoms with van der Waals surface area (Å²) in [5, 5.41) is 3.94. The van der Waals surface area contributed by atoms with Crippen LogP contribution in [-0.2, 0) is 4.74 Å². The van der Waals surface area contributed by atoms with Gasteiger partial charge in [0.25, 0.3) is 0 Å². The highest BCUT2D eigenvalue weighted by molar-refractivity contribution is 6.32. The van der Waals surface area contributed by atoms with Crippen molar-refractivity contribution in [2.75, 3.05) is 6.61 Å². The van der Waals surface area contributed by atoms with Gasteiger partial charge in [-0.2, -0.15) is 0 Å². The number of ether oxygens (including phenoxy) is 1.